The molecule has 0 saturated carbocycles. The number of aromatic nitrogens is 1. The summed E-state index contributed by atoms with van der Waals surface area (Å²) in [6.45, 7) is 0. The van der Waals surface area contributed by atoms with Gasteiger partial charge >= 0.3 is 12.4 Å². The number of aryl methyl sites for hydroxylation is 1. The van der Waals surface area contributed by atoms with E-state index < -0.39 is 30.2 Å². The largest absolute Gasteiger partial charge is 0.402 e. The minimum atomic E-state index is -5.42. The average molecular weight is 298 g/mol. The van der Waals surface area contributed by atoms with Gasteiger partial charge in [-0.1, -0.05) is 6.07 Å². The van der Waals surface area contributed by atoms with Crippen molar-refractivity contribution < 1.29 is 26.3 Å². The van der Waals surface area contributed by atoms with Crippen LogP contribution in [0.4, 0.5) is 26.3 Å². The molecule has 0 aromatic carbocycles. The van der Waals surface area contributed by atoms with Gasteiger partial charge < -0.3 is 5.73 Å². The molecule has 0 amide bonds. The molecular formula is C12H12F6N2. The van der Waals surface area contributed by atoms with Crippen LogP contribution in [0.2, 0.25) is 0 Å². The standard InChI is InChI=1S/C12H12F6N2/c13-11(14,15)10(12(16,17)18)8(19)7-4-3-6-2-1-5-20-9(6)7/h1-2,5,7-8,10H,3-4,19H2. The second-order valence-corrected chi connectivity index (χ2v) is 4.83. The Balaban J connectivity index is 2.33. The molecule has 2 rings (SSSR count). The van der Waals surface area contributed by atoms with E-state index in [-0.39, 0.29) is 12.1 Å². The van der Waals surface area contributed by atoms with Crippen LogP contribution >= 0.6 is 0 Å². The van der Waals surface area contributed by atoms with Gasteiger partial charge in [0, 0.05) is 23.9 Å². The molecule has 0 radical (unpaired) electrons. The maximum atomic E-state index is 12.7. The Bertz CT molecular complexity index is 468. The molecule has 1 aromatic heterocycles. The predicted octanol–water partition coefficient (Wildman–Crippen LogP) is 3.18. The summed E-state index contributed by atoms with van der Waals surface area (Å²) in [5.74, 6) is -4.56. The third kappa shape index (κ3) is 2.74. The van der Waals surface area contributed by atoms with Crippen molar-refractivity contribution in [1.29, 1.82) is 0 Å². The number of hydrogen-bond donors (Lipinski definition) is 1. The van der Waals surface area contributed by atoms with E-state index in [9.17, 15) is 26.3 Å². The van der Waals surface area contributed by atoms with Crippen LogP contribution in [0.3, 0.4) is 0 Å². The molecular weight excluding hydrogens is 286 g/mol. The number of nitrogens with two attached hydrogens (primary N) is 1. The molecule has 2 nitrogen and oxygen atoms in total. The lowest BCUT2D eigenvalue weighted by Crippen LogP contribution is -2.51. The summed E-state index contributed by atoms with van der Waals surface area (Å²) in [6.07, 6.45) is -8.95. The van der Waals surface area contributed by atoms with Crippen LogP contribution in [0.25, 0.3) is 0 Å². The fourth-order valence-corrected chi connectivity index (χ4v) is 2.67. The first-order valence-electron chi connectivity index (χ1n) is 5.95. The Kier molecular flexibility index (Phi) is 3.70. The third-order valence-electron chi connectivity index (χ3n) is 3.56. The Morgan fingerprint density at radius 2 is 1.75 bits per heavy atom. The van der Waals surface area contributed by atoms with E-state index in [1.807, 2.05) is 0 Å². The quantitative estimate of drug-likeness (QED) is 0.852. The molecule has 112 valence electrons. The number of rotatable bonds is 2. The molecule has 0 bridgehead atoms. The lowest BCUT2D eigenvalue weighted by molar-refractivity contribution is -0.290. The van der Waals surface area contributed by atoms with Crippen LogP contribution in [0, 0.1) is 5.92 Å². The van der Waals surface area contributed by atoms with Gasteiger partial charge in [-0.15, -0.1) is 0 Å². The predicted molar refractivity (Wildman–Crippen MR) is 58.9 cm³/mol. The Morgan fingerprint density at radius 3 is 2.30 bits per heavy atom. The summed E-state index contributed by atoms with van der Waals surface area (Å²) in [5.41, 5.74) is 6.24. The maximum Gasteiger partial charge on any atom is 0.402 e. The minimum Gasteiger partial charge on any atom is -0.326 e. The highest BCUT2D eigenvalue weighted by molar-refractivity contribution is 5.30. The molecule has 0 saturated heterocycles. The molecule has 1 aromatic rings. The van der Waals surface area contributed by atoms with E-state index in [4.69, 9.17) is 5.73 Å². The van der Waals surface area contributed by atoms with Gasteiger partial charge in [0.2, 0.25) is 0 Å². The van der Waals surface area contributed by atoms with Gasteiger partial charge in [-0.3, -0.25) is 4.98 Å². The van der Waals surface area contributed by atoms with Crippen molar-refractivity contribution in [1.82, 2.24) is 4.98 Å². The molecule has 8 heteroatoms. The summed E-state index contributed by atoms with van der Waals surface area (Å²) in [5, 5.41) is 0. The van der Waals surface area contributed by atoms with Crippen molar-refractivity contribution in [2.24, 2.45) is 11.7 Å². The van der Waals surface area contributed by atoms with Crippen molar-refractivity contribution in [3.8, 4) is 0 Å². The van der Waals surface area contributed by atoms with Crippen LogP contribution in [0.1, 0.15) is 23.6 Å². The summed E-state index contributed by atoms with van der Waals surface area (Å²) < 4.78 is 76.1. The fraction of sp³-hybridized carbons (Fsp3) is 0.583. The first-order chi connectivity index (χ1) is 9.12. The fourth-order valence-electron chi connectivity index (χ4n) is 2.67. The molecule has 2 N–H and O–H groups in total. The molecule has 1 aliphatic rings. The van der Waals surface area contributed by atoms with E-state index in [2.05, 4.69) is 4.98 Å². The van der Waals surface area contributed by atoms with Gasteiger partial charge in [0.15, 0.2) is 5.92 Å². The van der Waals surface area contributed by atoms with E-state index in [1.165, 1.54) is 6.20 Å². The highest BCUT2D eigenvalue weighted by Gasteiger charge is 2.61. The first-order valence-corrected chi connectivity index (χ1v) is 5.95. The van der Waals surface area contributed by atoms with E-state index >= 15 is 0 Å². The third-order valence-corrected chi connectivity index (χ3v) is 3.56. The molecule has 1 heterocycles. The minimum absolute atomic E-state index is 0.149. The molecule has 0 aliphatic heterocycles. The van der Waals surface area contributed by atoms with Crippen LogP contribution < -0.4 is 5.73 Å². The van der Waals surface area contributed by atoms with E-state index in [0.29, 0.717) is 12.0 Å². The molecule has 1 aliphatic carbocycles. The summed E-state index contributed by atoms with van der Waals surface area (Å²) in [7, 11) is 0. The smallest absolute Gasteiger partial charge is 0.326 e. The van der Waals surface area contributed by atoms with Crippen LogP contribution in [0.15, 0.2) is 18.3 Å². The SMILES string of the molecule is NC(C1CCc2cccnc21)C(C(F)(F)F)C(F)(F)F. The Labute approximate surface area is 111 Å². The second kappa shape index (κ2) is 4.91. The van der Waals surface area contributed by atoms with E-state index in [0.717, 1.165) is 0 Å². The number of hydrogen-bond acceptors (Lipinski definition) is 2. The first kappa shape index (κ1) is 15.1. The molecule has 2 atom stereocenters. The molecule has 0 spiro atoms. The zero-order valence-corrected chi connectivity index (χ0v) is 10.2. The van der Waals surface area contributed by atoms with Crippen LogP contribution in [-0.4, -0.2) is 23.4 Å². The number of alkyl halides is 6. The van der Waals surface area contributed by atoms with Crippen LogP contribution in [0.5, 0.6) is 0 Å². The number of halogens is 6. The zero-order chi connectivity index (χ0) is 15.1. The second-order valence-electron chi connectivity index (χ2n) is 4.83. The summed E-state index contributed by atoms with van der Waals surface area (Å²) >= 11 is 0. The number of fused-ring (bicyclic) bond motifs is 1. The normalized spacial score (nSPS) is 21.1. The Hall–Kier alpha value is -1.31. The molecule has 0 fully saturated rings. The zero-order valence-electron chi connectivity index (χ0n) is 10.2. The van der Waals surface area contributed by atoms with Gasteiger partial charge in [0.05, 0.1) is 0 Å². The van der Waals surface area contributed by atoms with Crippen LogP contribution in [-0.2, 0) is 6.42 Å². The van der Waals surface area contributed by atoms with Gasteiger partial charge in [0.25, 0.3) is 0 Å². The van der Waals surface area contributed by atoms with Crippen molar-refractivity contribution in [2.45, 2.75) is 37.2 Å². The summed E-state index contributed by atoms with van der Waals surface area (Å²) in [4.78, 5) is 3.89. The monoisotopic (exact) mass is 298 g/mol. The topological polar surface area (TPSA) is 38.9 Å². The van der Waals surface area contributed by atoms with Gasteiger partial charge in [0.1, 0.15) is 0 Å². The summed E-state index contributed by atoms with van der Waals surface area (Å²) in [6, 6.07) is 1.16. The average Bonchev–Trinajstić information content (AvgIpc) is 2.68. The van der Waals surface area contributed by atoms with Crippen molar-refractivity contribution >= 4 is 0 Å². The van der Waals surface area contributed by atoms with Crippen molar-refractivity contribution in [3.05, 3.63) is 29.6 Å². The Morgan fingerprint density at radius 1 is 1.15 bits per heavy atom. The number of pyridine rings is 1. The lowest BCUT2D eigenvalue weighted by Gasteiger charge is -2.31. The van der Waals surface area contributed by atoms with Crippen molar-refractivity contribution in [3.63, 3.8) is 0 Å². The lowest BCUT2D eigenvalue weighted by atomic mass is 9.86. The van der Waals surface area contributed by atoms with Gasteiger partial charge in [-0.05, 0) is 24.5 Å². The highest BCUT2D eigenvalue weighted by atomic mass is 19.4. The highest BCUT2D eigenvalue weighted by Crippen LogP contribution is 2.46. The van der Waals surface area contributed by atoms with E-state index in [1.54, 1.807) is 12.1 Å². The molecule has 20 heavy (non-hydrogen) atoms. The van der Waals surface area contributed by atoms with Crippen molar-refractivity contribution in [2.75, 3.05) is 0 Å². The number of nitrogens with zero attached hydrogens (tertiary/aromatic N) is 1. The van der Waals surface area contributed by atoms with Gasteiger partial charge in [-0.25, -0.2) is 0 Å². The maximum absolute atomic E-state index is 12.7. The molecule has 2 unspecified atom stereocenters. The van der Waals surface area contributed by atoms with Gasteiger partial charge in [-0.2, -0.15) is 26.3 Å².